The molecule has 1 fully saturated rings. The van der Waals surface area contributed by atoms with E-state index in [1.54, 1.807) is 6.92 Å². The Balaban J connectivity index is 2.60. The number of hydrogen-bond acceptors (Lipinski definition) is 3. The SMILES string of the molecule is CC(C)[C@@H]1CC[C@@](C)(OC(=O)O)C[C@H]1O. The van der Waals surface area contributed by atoms with Crippen molar-refractivity contribution in [1.82, 2.24) is 0 Å². The Morgan fingerprint density at radius 3 is 2.53 bits per heavy atom. The first-order chi connectivity index (χ1) is 6.84. The van der Waals surface area contributed by atoms with Crippen molar-refractivity contribution in [3.63, 3.8) is 0 Å². The summed E-state index contributed by atoms with van der Waals surface area (Å²) in [6.07, 6.45) is 0.208. The molecule has 0 aromatic heterocycles. The molecule has 0 aliphatic heterocycles. The molecule has 0 heterocycles. The molecule has 0 amide bonds. The highest BCUT2D eigenvalue weighted by Gasteiger charge is 2.40. The molecule has 0 bridgehead atoms. The fourth-order valence-electron chi connectivity index (χ4n) is 2.44. The van der Waals surface area contributed by atoms with Crippen molar-refractivity contribution in [1.29, 1.82) is 0 Å². The van der Waals surface area contributed by atoms with Crippen molar-refractivity contribution in [2.45, 2.75) is 51.7 Å². The Morgan fingerprint density at radius 1 is 1.53 bits per heavy atom. The van der Waals surface area contributed by atoms with Crippen LogP contribution in [0.2, 0.25) is 0 Å². The van der Waals surface area contributed by atoms with Gasteiger partial charge in [-0.2, -0.15) is 0 Å². The molecular formula is C11H20O4. The van der Waals surface area contributed by atoms with E-state index in [-0.39, 0.29) is 5.92 Å². The van der Waals surface area contributed by atoms with Gasteiger partial charge in [-0.05, 0) is 31.6 Å². The first-order valence-electron chi connectivity index (χ1n) is 5.44. The smallest absolute Gasteiger partial charge is 0.450 e. The lowest BCUT2D eigenvalue weighted by atomic mass is 9.73. The zero-order valence-electron chi connectivity index (χ0n) is 9.56. The molecule has 1 saturated carbocycles. The van der Waals surface area contributed by atoms with Crippen molar-refractivity contribution in [2.75, 3.05) is 0 Å². The number of carbonyl (C=O) groups is 1. The number of ether oxygens (including phenoxy) is 1. The maximum atomic E-state index is 10.5. The Kier molecular flexibility index (Phi) is 3.60. The predicted octanol–water partition coefficient (Wildman–Crippen LogP) is 2.26. The molecule has 0 aromatic carbocycles. The van der Waals surface area contributed by atoms with Crippen LogP contribution in [0.3, 0.4) is 0 Å². The Labute approximate surface area is 90.2 Å². The van der Waals surface area contributed by atoms with Gasteiger partial charge < -0.3 is 14.9 Å². The van der Waals surface area contributed by atoms with Gasteiger partial charge in [0.05, 0.1) is 6.10 Å². The number of aliphatic hydroxyl groups excluding tert-OH is 1. The minimum atomic E-state index is -1.26. The maximum Gasteiger partial charge on any atom is 0.506 e. The molecule has 0 spiro atoms. The molecule has 0 aromatic rings. The highest BCUT2D eigenvalue weighted by atomic mass is 16.7. The third kappa shape index (κ3) is 3.09. The highest BCUT2D eigenvalue weighted by molar-refractivity contribution is 5.57. The topological polar surface area (TPSA) is 66.8 Å². The average Bonchev–Trinajstić information content (AvgIpc) is 1.99. The third-order valence-electron chi connectivity index (χ3n) is 3.33. The molecule has 4 nitrogen and oxygen atoms in total. The van der Waals surface area contributed by atoms with E-state index in [0.717, 1.165) is 6.42 Å². The Morgan fingerprint density at radius 2 is 2.13 bits per heavy atom. The fraction of sp³-hybridized carbons (Fsp3) is 0.909. The van der Waals surface area contributed by atoms with Gasteiger partial charge in [-0.25, -0.2) is 4.79 Å². The first kappa shape index (κ1) is 12.3. The Hall–Kier alpha value is -0.770. The molecule has 1 aliphatic carbocycles. The van der Waals surface area contributed by atoms with Crippen LogP contribution in [0, 0.1) is 11.8 Å². The summed E-state index contributed by atoms with van der Waals surface area (Å²) in [5, 5.41) is 18.5. The molecule has 1 aliphatic rings. The van der Waals surface area contributed by atoms with Crippen molar-refractivity contribution >= 4 is 6.16 Å². The van der Waals surface area contributed by atoms with E-state index in [9.17, 15) is 9.90 Å². The van der Waals surface area contributed by atoms with Crippen LogP contribution in [0.25, 0.3) is 0 Å². The lowest BCUT2D eigenvalue weighted by Gasteiger charge is -2.40. The average molecular weight is 216 g/mol. The minimum Gasteiger partial charge on any atom is -0.450 e. The van der Waals surface area contributed by atoms with Crippen LogP contribution in [-0.4, -0.2) is 28.1 Å². The molecular weight excluding hydrogens is 196 g/mol. The standard InChI is InChI=1S/C11H20O4/c1-7(2)8-4-5-11(3,6-9(8)12)15-10(13)14/h7-9,12H,4-6H2,1-3H3,(H,13,14)/t8-,9+,11+/m0/s1. The molecule has 0 unspecified atom stereocenters. The van der Waals surface area contributed by atoms with E-state index in [0.29, 0.717) is 18.8 Å². The maximum absolute atomic E-state index is 10.5. The number of aliphatic hydroxyl groups is 1. The monoisotopic (exact) mass is 216 g/mol. The van der Waals surface area contributed by atoms with E-state index >= 15 is 0 Å². The van der Waals surface area contributed by atoms with Gasteiger partial charge >= 0.3 is 6.16 Å². The number of rotatable bonds is 2. The molecule has 0 radical (unpaired) electrons. The van der Waals surface area contributed by atoms with Gasteiger partial charge in [0.2, 0.25) is 0 Å². The molecule has 3 atom stereocenters. The summed E-state index contributed by atoms with van der Waals surface area (Å²) in [4.78, 5) is 10.5. The van der Waals surface area contributed by atoms with E-state index in [4.69, 9.17) is 9.84 Å². The van der Waals surface area contributed by atoms with Crippen LogP contribution < -0.4 is 0 Å². The van der Waals surface area contributed by atoms with Gasteiger partial charge in [-0.15, -0.1) is 0 Å². The molecule has 1 rings (SSSR count). The van der Waals surface area contributed by atoms with E-state index in [1.807, 2.05) is 0 Å². The molecule has 15 heavy (non-hydrogen) atoms. The van der Waals surface area contributed by atoms with E-state index < -0.39 is 17.9 Å². The molecule has 4 heteroatoms. The van der Waals surface area contributed by atoms with Crippen LogP contribution in [0.1, 0.15) is 40.0 Å². The van der Waals surface area contributed by atoms with Gasteiger partial charge in [-0.1, -0.05) is 13.8 Å². The zero-order valence-corrected chi connectivity index (χ0v) is 9.56. The van der Waals surface area contributed by atoms with Gasteiger partial charge in [0.1, 0.15) is 5.60 Å². The lowest BCUT2D eigenvalue weighted by Crippen LogP contribution is -2.44. The Bertz CT molecular complexity index is 239. The fourth-order valence-corrected chi connectivity index (χ4v) is 2.44. The zero-order chi connectivity index (χ0) is 11.6. The largest absolute Gasteiger partial charge is 0.506 e. The first-order valence-corrected chi connectivity index (χ1v) is 5.44. The molecule has 2 N–H and O–H groups in total. The summed E-state index contributed by atoms with van der Waals surface area (Å²) in [5.41, 5.74) is -0.712. The summed E-state index contributed by atoms with van der Waals surface area (Å²) < 4.78 is 4.83. The summed E-state index contributed by atoms with van der Waals surface area (Å²) >= 11 is 0. The normalized spacial score (nSPS) is 36.6. The molecule has 0 saturated heterocycles. The van der Waals surface area contributed by atoms with E-state index in [2.05, 4.69) is 13.8 Å². The minimum absolute atomic E-state index is 0.260. The van der Waals surface area contributed by atoms with Gasteiger partial charge in [0.25, 0.3) is 0 Å². The lowest BCUT2D eigenvalue weighted by molar-refractivity contribution is -0.0866. The van der Waals surface area contributed by atoms with E-state index in [1.165, 1.54) is 0 Å². The van der Waals surface area contributed by atoms with Crippen LogP contribution in [0.5, 0.6) is 0 Å². The highest BCUT2D eigenvalue weighted by Crippen LogP contribution is 2.38. The third-order valence-corrected chi connectivity index (χ3v) is 3.33. The van der Waals surface area contributed by atoms with Crippen LogP contribution in [0.15, 0.2) is 0 Å². The van der Waals surface area contributed by atoms with Crippen molar-refractivity contribution in [2.24, 2.45) is 11.8 Å². The predicted molar refractivity (Wildman–Crippen MR) is 55.7 cm³/mol. The second-order valence-electron chi connectivity index (χ2n) is 5.04. The van der Waals surface area contributed by atoms with Crippen LogP contribution >= 0.6 is 0 Å². The van der Waals surface area contributed by atoms with Crippen LogP contribution in [0.4, 0.5) is 4.79 Å². The quantitative estimate of drug-likeness (QED) is 0.695. The van der Waals surface area contributed by atoms with Crippen LogP contribution in [-0.2, 0) is 4.74 Å². The van der Waals surface area contributed by atoms with Crippen molar-refractivity contribution in [3.05, 3.63) is 0 Å². The van der Waals surface area contributed by atoms with Gasteiger partial charge in [-0.3, -0.25) is 0 Å². The van der Waals surface area contributed by atoms with Crippen molar-refractivity contribution < 1.29 is 19.7 Å². The summed E-state index contributed by atoms with van der Waals surface area (Å²) in [7, 11) is 0. The van der Waals surface area contributed by atoms with Gasteiger partial charge in [0, 0.05) is 6.42 Å². The van der Waals surface area contributed by atoms with Crippen molar-refractivity contribution in [3.8, 4) is 0 Å². The number of hydrogen-bond donors (Lipinski definition) is 2. The summed E-state index contributed by atoms with van der Waals surface area (Å²) in [6, 6.07) is 0. The second kappa shape index (κ2) is 4.39. The molecule has 88 valence electrons. The number of carboxylic acid groups (broad SMARTS) is 1. The summed E-state index contributed by atoms with van der Waals surface area (Å²) in [6.45, 7) is 5.91. The second-order valence-corrected chi connectivity index (χ2v) is 5.04. The van der Waals surface area contributed by atoms with Gasteiger partial charge in [0.15, 0.2) is 0 Å². The summed E-state index contributed by atoms with van der Waals surface area (Å²) in [5.74, 6) is 0.685.